The number of ether oxygens (including phenoxy) is 4. The summed E-state index contributed by atoms with van der Waals surface area (Å²) >= 11 is 0. The van der Waals surface area contributed by atoms with E-state index < -0.39 is 11.9 Å². The van der Waals surface area contributed by atoms with Gasteiger partial charge in [-0.05, 0) is 82.0 Å². The summed E-state index contributed by atoms with van der Waals surface area (Å²) in [5.74, 6) is 0.485. The SMILES string of the molecule is C=C(COC)C(=O)Oc1ccc(-c2ccc(-c3ccc(-c4ccc(OC(=O)C(=C)COC)cc4)cc3CCC(C)C)cc2)cc1. The Kier molecular flexibility index (Phi) is 11.6. The zero-order chi connectivity index (χ0) is 32.3. The van der Waals surface area contributed by atoms with E-state index in [0.29, 0.717) is 17.4 Å². The Morgan fingerprint density at radius 3 is 1.44 bits per heavy atom. The van der Waals surface area contributed by atoms with Crippen molar-refractivity contribution in [3.05, 3.63) is 121 Å². The highest BCUT2D eigenvalue weighted by Crippen LogP contribution is 2.33. The molecule has 45 heavy (non-hydrogen) atoms. The summed E-state index contributed by atoms with van der Waals surface area (Å²) in [5, 5.41) is 0. The molecule has 0 amide bonds. The lowest BCUT2D eigenvalue weighted by molar-refractivity contribution is -0.131. The molecule has 4 aromatic rings. The Labute approximate surface area is 265 Å². The van der Waals surface area contributed by atoms with Crippen LogP contribution in [-0.4, -0.2) is 39.4 Å². The van der Waals surface area contributed by atoms with E-state index in [4.69, 9.17) is 18.9 Å². The fourth-order valence-corrected chi connectivity index (χ4v) is 4.80. The molecule has 0 saturated heterocycles. The van der Waals surface area contributed by atoms with Gasteiger partial charge >= 0.3 is 11.9 Å². The first-order chi connectivity index (χ1) is 21.7. The number of hydrogen-bond acceptors (Lipinski definition) is 6. The fraction of sp³-hybridized carbons (Fsp3) is 0.231. The van der Waals surface area contributed by atoms with Gasteiger partial charge in [0.05, 0.1) is 24.4 Å². The number of carbonyl (C=O) groups is 2. The molecule has 0 radical (unpaired) electrons. The number of esters is 2. The summed E-state index contributed by atoms with van der Waals surface area (Å²) in [6.45, 7) is 12.1. The topological polar surface area (TPSA) is 71.1 Å². The number of aryl methyl sites for hydroxylation is 1. The molecule has 0 aliphatic rings. The second-order valence-corrected chi connectivity index (χ2v) is 11.3. The molecule has 0 aliphatic heterocycles. The smallest absolute Gasteiger partial charge is 0.341 e. The summed E-state index contributed by atoms with van der Waals surface area (Å²) in [7, 11) is 3.02. The van der Waals surface area contributed by atoms with Gasteiger partial charge < -0.3 is 18.9 Å². The van der Waals surface area contributed by atoms with Crippen LogP contribution in [0.3, 0.4) is 0 Å². The average Bonchev–Trinajstić information content (AvgIpc) is 3.04. The zero-order valence-electron chi connectivity index (χ0n) is 26.4. The Morgan fingerprint density at radius 2 is 1.00 bits per heavy atom. The Morgan fingerprint density at radius 1 is 0.600 bits per heavy atom. The molecule has 4 aromatic carbocycles. The maximum atomic E-state index is 12.2. The predicted molar refractivity (Wildman–Crippen MR) is 179 cm³/mol. The van der Waals surface area contributed by atoms with Crippen LogP contribution < -0.4 is 9.47 Å². The normalized spacial score (nSPS) is 10.9. The summed E-state index contributed by atoms with van der Waals surface area (Å²) in [6.07, 6.45) is 2.03. The van der Waals surface area contributed by atoms with Gasteiger partial charge in [-0.2, -0.15) is 0 Å². The van der Waals surface area contributed by atoms with Crippen LogP contribution in [0.25, 0.3) is 33.4 Å². The van der Waals surface area contributed by atoms with Gasteiger partial charge in [0.15, 0.2) is 0 Å². The first kappa shape index (κ1) is 33.1. The van der Waals surface area contributed by atoms with E-state index in [-0.39, 0.29) is 24.4 Å². The molecular weight excluding hydrogens is 564 g/mol. The van der Waals surface area contributed by atoms with Crippen molar-refractivity contribution in [2.45, 2.75) is 26.7 Å². The molecule has 0 aromatic heterocycles. The molecule has 0 saturated carbocycles. The molecule has 0 atom stereocenters. The monoisotopic (exact) mass is 604 g/mol. The summed E-state index contributed by atoms with van der Waals surface area (Å²) in [5.41, 5.74) is 8.37. The third kappa shape index (κ3) is 9.11. The van der Waals surface area contributed by atoms with Crippen molar-refractivity contribution in [2.24, 2.45) is 5.92 Å². The highest BCUT2D eigenvalue weighted by Gasteiger charge is 2.13. The van der Waals surface area contributed by atoms with Gasteiger partial charge in [0.1, 0.15) is 11.5 Å². The largest absolute Gasteiger partial charge is 0.423 e. The van der Waals surface area contributed by atoms with Gasteiger partial charge in [0.2, 0.25) is 0 Å². The third-order valence-corrected chi connectivity index (χ3v) is 7.30. The van der Waals surface area contributed by atoms with Gasteiger partial charge in [-0.3, -0.25) is 0 Å². The van der Waals surface area contributed by atoms with Crippen molar-refractivity contribution in [3.8, 4) is 44.9 Å². The molecule has 0 unspecified atom stereocenters. The minimum Gasteiger partial charge on any atom is -0.423 e. The fourth-order valence-electron chi connectivity index (χ4n) is 4.80. The van der Waals surface area contributed by atoms with E-state index in [9.17, 15) is 9.59 Å². The van der Waals surface area contributed by atoms with E-state index in [1.165, 1.54) is 25.3 Å². The number of carbonyl (C=O) groups excluding carboxylic acids is 2. The van der Waals surface area contributed by atoms with E-state index in [0.717, 1.165) is 40.7 Å². The maximum Gasteiger partial charge on any atom is 0.341 e. The predicted octanol–water partition coefficient (Wildman–Crippen LogP) is 8.49. The molecule has 0 fully saturated rings. The van der Waals surface area contributed by atoms with Crippen LogP contribution in [0.2, 0.25) is 0 Å². The van der Waals surface area contributed by atoms with E-state index in [1.807, 2.05) is 24.3 Å². The lowest BCUT2D eigenvalue weighted by Crippen LogP contribution is -2.13. The third-order valence-electron chi connectivity index (χ3n) is 7.30. The lowest BCUT2D eigenvalue weighted by atomic mass is 9.90. The molecule has 0 spiro atoms. The minimum atomic E-state index is -0.504. The van der Waals surface area contributed by atoms with Gasteiger partial charge in [-0.1, -0.05) is 93.7 Å². The first-order valence-electron chi connectivity index (χ1n) is 14.9. The standard InChI is InChI=1S/C39H40O6/c1-26(2)7-8-34-23-33(31-15-20-36(21-16-31)45-39(41)28(4)25-43-6)17-22-37(34)32-11-9-29(10-12-32)30-13-18-35(19-14-30)44-38(40)27(3)24-42-5/h9-23,26H,3-4,7-8,24-25H2,1-2,5-6H3. The average molecular weight is 605 g/mol. The van der Waals surface area contributed by atoms with Crippen LogP contribution in [-0.2, 0) is 25.5 Å². The second-order valence-electron chi connectivity index (χ2n) is 11.3. The molecule has 0 heterocycles. The summed E-state index contributed by atoms with van der Waals surface area (Å²) < 4.78 is 20.7. The van der Waals surface area contributed by atoms with Crippen molar-refractivity contribution >= 4 is 11.9 Å². The van der Waals surface area contributed by atoms with Crippen molar-refractivity contribution in [3.63, 3.8) is 0 Å². The van der Waals surface area contributed by atoms with Gasteiger partial charge in [-0.15, -0.1) is 0 Å². The van der Waals surface area contributed by atoms with Crippen molar-refractivity contribution < 1.29 is 28.5 Å². The summed E-state index contributed by atoms with van der Waals surface area (Å²) in [4.78, 5) is 24.3. The van der Waals surface area contributed by atoms with E-state index in [2.05, 4.69) is 69.5 Å². The molecule has 6 nitrogen and oxygen atoms in total. The number of rotatable bonds is 14. The zero-order valence-corrected chi connectivity index (χ0v) is 26.4. The highest BCUT2D eigenvalue weighted by molar-refractivity contribution is 5.90. The summed E-state index contributed by atoms with van der Waals surface area (Å²) in [6, 6.07) is 30.0. The molecule has 4 rings (SSSR count). The van der Waals surface area contributed by atoms with Crippen molar-refractivity contribution in [1.82, 2.24) is 0 Å². The van der Waals surface area contributed by atoms with Crippen LogP contribution in [0.1, 0.15) is 25.8 Å². The Hall–Kier alpha value is -4.78. The Balaban J connectivity index is 1.52. The van der Waals surface area contributed by atoms with Crippen LogP contribution >= 0.6 is 0 Å². The van der Waals surface area contributed by atoms with Crippen molar-refractivity contribution in [1.29, 1.82) is 0 Å². The highest BCUT2D eigenvalue weighted by atomic mass is 16.5. The lowest BCUT2D eigenvalue weighted by Gasteiger charge is -2.15. The molecule has 0 N–H and O–H groups in total. The van der Waals surface area contributed by atoms with E-state index >= 15 is 0 Å². The molecule has 6 heteroatoms. The minimum absolute atomic E-state index is 0.129. The molecule has 232 valence electrons. The van der Waals surface area contributed by atoms with Crippen LogP contribution in [0.15, 0.2) is 115 Å². The number of methoxy groups -OCH3 is 2. The van der Waals surface area contributed by atoms with Gasteiger partial charge in [0, 0.05) is 14.2 Å². The molecule has 0 bridgehead atoms. The van der Waals surface area contributed by atoms with E-state index in [1.54, 1.807) is 24.3 Å². The molecular formula is C39H40O6. The van der Waals surface area contributed by atoms with Gasteiger partial charge in [-0.25, -0.2) is 9.59 Å². The Bertz CT molecular complexity index is 1630. The number of benzene rings is 4. The van der Waals surface area contributed by atoms with Gasteiger partial charge in [0.25, 0.3) is 0 Å². The van der Waals surface area contributed by atoms with Crippen LogP contribution in [0.5, 0.6) is 11.5 Å². The number of hydrogen-bond donors (Lipinski definition) is 0. The second kappa shape index (κ2) is 15.8. The quantitative estimate of drug-likeness (QED) is 0.0817. The maximum absolute atomic E-state index is 12.2. The molecule has 0 aliphatic carbocycles. The van der Waals surface area contributed by atoms with Crippen molar-refractivity contribution in [2.75, 3.05) is 27.4 Å². The first-order valence-corrected chi connectivity index (χ1v) is 14.9. The van der Waals surface area contributed by atoms with Crippen LogP contribution in [0.4, 0.5) is 0 Å². The van der Waals surface area contributed by atoms with Crippen LogP contribution in [0, 0.1) is 5.92 Å².